The Morgan fingerprint density at radius 2 is 1.88 bits per heavy atom. The molecular weight excluding hydrogens is 345 g/mol. The van der Waals surface area contributed by atoms with E-state index >= 15 is 0 Å². The fourth-order valence-electron chi connectivity index (χ4n) is 1.90. The van der Waals surface area contributed by atoms with Crippen molar-refractivity contribution in [2.75, 3.05) is 5.32 Å². The van der Waals surface area contributed by atoms with Crippen LogP contribution < -0.4 is 5.32 Å². The van der Waals surface area contributed by atoms with Crippen molar-refractivity contribution in [1.29, 1.82) is 0 Å². The summed E-state index contributed by atoms with van der Waals surface area (Å²) in [6, 6.07) is 1.80. The predicted molar refractivity (Wildman–Crippen MR) is 82.0 cm³/mol. The second kappa shape index (κ2) is 6.35. The second-order valence-electron chi connectivity index (χ2n) is 4.75. The van der Waals surface area contributed by atoms with Crippen LogP contribution >= 0.6 is 7.60 Å². The van der Waals surface area contributed by atoms with Gasteiger partial charge in [-0.1, -0.05) is 0 Å². The number of aromatic nitrogens is 2. The van der Waals surface area contributed by atoms with Crippen LogP contribution in [-0.2, 0) is 4.57 Å². The summed E-state index contributed by atoms with van der Waals surface area (Å²) in [5.41, 5.74) is -1.52. The number of hydrogen-bond donors (Lipinski definition) is 3. The lowest BCUT2D eigenvalue weighted by atomic mass is 10.2. The highest BCUT2D eigenvalue weighted by Gasteiger charge is 2.30. The minimum Gasteiger partial charge on any atom is -0.366 e. The highest BCUT2D eigenvalue weighted by atomic mass is 31.2. The topological polar surface area (TPSA) is 174 Å². The van der Waals surface area contributed by atoms with Crippen LogP contribution in [0.25, 0.3) is 5.69 Å². The fourth-order valence-corrected chi connectivity index (χ4v) is 2.20. The molecule has 3 N–H and O–H groups in total. The minimum absolute atomic E-state index is 0.0384. The van der Waals surface area contributed by atoms with E-state index in [2.05, 4.69) is 10.3 Å². The van der Waals surface area contributed by atoms with Gasteiger partial charge in [-0.3, -0.25) is 24.8 Å². The molecule has 1 unspecified atom stereocenters. The van der Waals surface area contributed by atoms with Crippen molar-refractivity contribution in [3.8, 4) is 5.69 Å². The molecule has 1 aromatic heterocycles. The Bertz CT molecular complexity index is 832. The van der Waals surface area contributed by atoms with Gasteiger partial charge in [-0.05, 0) is 13.0 Å². The van der Waals surface area contributed by atoms with Gasteiger partial charge in [-0.25, -0.2) is 4.98 Å². The summed E-state index contributed by atoms with van der Waals surface area (Å²) in [4.78, 5) is 42.7. The van der Waals surface area contributed by atoms with E-state index < -0.39 is 34.6 Å². The molecule has 0 fully saturated rings. The summed E-state index contributed by atoms with van der Waals surface area (Å²) in [5.74, 6) is -1.42. The highest BCUT2D eigenvalue weighted by molar-refractivity contribution is 7.52. The van der Waals surface area contributed by atoms with Crippen molar-refractivity contribution in [1.82, 2.24) is 9.55 Å². The van der Waals surface area contributed by atoms with Crippen molar-refractivity contribution < 1.29 is 24.2 Å². The zero-order valence-corrected chi connectivity index (χ0v) is 13.0. The standard InChI is InChI=1S/C11H12N5O7P/c1-7(24(21,22)23)13-8-4-10(14-3-2-12-6-14)11(16(19)20)5-9(8)15(17)18/h2-7,13H,1H3,(H2,21,22,23). The molecule has 0 aliphatic carbocycles. The molecule has 24 heavy (non-hydrogen) atoms. The first kappa shape index (κ1) is 17.5. The summed E-state index contributed by atoms with van der Waals surface area (Å²) in [6.07, 6.45) is 4.01. The molecule has 0 saturated heterocycles. The van der Waals surface area contributed by atoms with Crippen LogP contribution in [0.15, 0.2) is 30.9 Å². The average Bonchev–Trinajstić information content (AvgIpc) is 2.99. The Hall–Kier alpha value is -2.82. The Morgan fingerprint density at radius 1 is 1.25 bits per heavy atom. The van der Waals surface area contributed by atoms with Gasteiger partial charge in [0.1, 0.15) is 17.2 Å². The summed E-state index contributed by atoms with van der Waals surface area (Å²) in [6.45, 7) is 1.14. The largest absolute Gasteiger partial charge is 0.366 e. The third kappa shape index (κ3) is 3.56. The zero-order valence-electron chi connectivity index (χ0n) is 12.1. The SMILES string of the molecule is CC(Nc1cc(-n2ccnc2)c([N+](=O)[O-])cc1[N+](=O)[O-])P(=O)(O)O. The molecule has 1 heterocycles. The molecule has 0 aliphatic rings. The first-order chi connectivity index (χ1) is 11.1. The Balaban J connectivity index is 2.65. The molecule has 1 atom stereocenters. The first-order valence-corrected chi connectivity index (χ1v) is 8.06. The highest BCUT2D eigenvalue weighted by Crippen LogP contribution is 2.43. The number of nitrogens with one attached hydrogen (secondary N) is 1. The summed E-state index contributed by atoms with van der Waals surface area (Å²) < 4.78 is 12.5. The van der Waals surface area contributed by atoms with Crippen molar-refractivity contribution in [3.05, 3.63) is 51.1 Å². The molecule has 2 aromatic rings. The third-order valence-electron chi connectivity index (χ3n) is 3.14. The van der Waals surface area contributed by atoms with Gasteiger partial charge in [0, 0.05) is 12.4 Å². The van der Waals surface area contributed by atoms with E-state index in [1.54, 1.807) is 0 Å². The Morgan fingerprint density at radius 3 is 2.33 bits per heavy atom. The van der Waals surface area contributed by atoms with Gasteiger partial charge < -0.3 is 19.7 Å². The number of nitro groups is 2. The van der Waals surface area contributed by atoms with E-state index in [1.165, 1.54) is 23.3 Å². The van der Waals surface area contributed by atoms with Crippen LogP contribution in [0, 0.1) is 20.2 Å². The van der Waals surface area contributed by atoms with Gasteiger partial charge in [0.2, 0.25) is 0 Å². The molecule has 0 bridgehead atoms. The monoisotopic (exact) mass is 357 g/mol. The Labute approximate surface area is 134 Å². The molecule has 0 amide bonds. The number of rotatable bonds is 6. The summed E-state index contributed by atoms with van der Waals surface area (Å²) in [7, 11) is -4.57. The number of hydrogen-bond acceptors (Lipinski definition) is 7. The van der Waals surface area contributed by atoms with Crippen molar-refractivity contribution >= 4 is 24.7 Å². The van der Waals surface area contributed by atoms with Gasteiger partial charge in [0.05, 0.1) is 22.2 Å². The van der Waals surface area contributed by atoms with Gasteiger partial charge in [-0.2, -0.15) is 0 Å². The van der Waals surface area contributed by atoms with Gasteiger partial charge in [-0.15, -0.1) is 0 Å². The van der Waals surface area contributed by atoms with Gasteiger partial charge in [0.15, 0.2) is 0 Å². The number of nitro benzene ring substituents is 2. The van der Waals surface area contributed by atoms with E-state index in [9.17, 15) is 24.8 Å². The zero-order chi connectivity index (χ0) is 18.1. The summed E-state index contributed by atoms with van der Waals surface area (Å²) in [5, 5.41) is 24.7. The van der Waals surface area contributed by atoms with Crippen molar-refractivity contribution in [2.24, 2.45) is 0 Å². The molecule has 1 aromatic carbocycles. The molecule has 0 radical (unpaired) electrons. The van der Waals surface area contributed by atoms with Crippen LogP contribution in [0.4, 0.5) is 17.1 Å². The second-order valence-corrected chi connectivity index (χ2v) is 6.70. The molecule has 13 heteroatoms. The Kier molecular flexibility index (Phi) is 4.64. The van der Waals surface area contributed by atoms with Crippen LogP contribution in [0.2, 0.25) is 0 Å². The van der Waals surface area contributed by atoms with Crippen molar-refractivity contribution in [2.45, 2.75) is 12.7 Å². The number of imidazole rings is 1. The number of nitrogens with zero attached hydrogens (tertiary/aromatic N) is 4. The minimum atomic E-state index is -4.57. The maximum absolute atomic E-state index is 11.2. The number of benzene rings is 1. The maximum atomic E-state index is 11.2. The van der Waals surface area contributed by atoms with E-state index in [0.717, 1.165) is 19.1 Å². The fraction of sp³-hybridized carbons (Fsp3) is 0.182. The third-order valence-corrected chi connectivity index (χ3v) is 4.28. The first-order valence-electron chi connectivity index (χ1n) is 6.38. The molecule has 0 spiro atoms. The predicted octanol–water partition coefficient (Wildman–Crippen LogP) is 1.62. The lowest BCUT2D eigenvalue weighted by molar-refractivity contribution is -0.393. The lowest BCUT2D eigenvalue weighted by Crippen LogP contribution is -2.16. The van der Waals surface area contributed by atoms with E-state index in [0.29, 0.717) is 0 Å². The van der Waals surface area contributed by atoms with Gasteiger partial charge in [0.25, 0.3) is 11.4 Å². The van der Waals surface area contributed by atoms with Crippen LogP contribution in [0.5, 0.6) is 0 Å². The smallest absolute Gasteiger partial charge is 0.347 e. The van der Waals surface area contributed by atoms with E-state index in [-0.39, 0.29) is 11.4 Å². The average molecular weight is 357 g/mol. The number of anilines is 1. The van der Waals surface area contributed by atoms with Gasteiger partial charge >= 0.3 is 7.60 Å². The van der Waals surface area contributed by atoms with E-state index in [1.807, 2.05) is 0 Å². The van der Waals surface area contributed by atoms with E-state index in [4.69, 9.17) is 9.79 Å². The molecule has 0 saturated carbocycles. The van der Waals surface area contributed by atoms with Crippen LogP contribution in [0.3, 0.4) is 0 Å². The van der Waals surface area contributed by atoms with Crippen LogP contribution in [-0.4, -0.2) is 35.0 Å². The molecule has 128 valence electrons. The molecule has 2 rings (SSSR count). The molecule has 12 nitrogen and oxygen atoms in total. The van der Waals surface area contributed by atoms with Crippen molar-refractivity contribution in [3.63, 3.8) is 0 Å². The normalized spacial score (nSPS) is 12.6. The summed E-state index contributed by atoms with van der Waals surface area (Å²) >= 11 is 0. The molecule has 0 aliphatic heterocycles. The maximum Gasteiger partial charge on any atom is 0.347 e. The van der Waals surface area contributed by atoms with Crippen LogP contribution in [0.1, 0.15) is 6.92 Å². The quantitative estimate of drug-likeness (QED) is 0.394. The lowest BCUT2D eigenvalue weighted by Gasteiger charge is -2.17. The molecular formula is C11H12N5O7P.